The van der Waals surface area contributed by atoms with E-state index in [1.165, 1.54) is 11.8 Å². The highest BCUT2D eigenvalue weighted by Gasteiger charge is 2.31. The number of hydrogen-bond acceptors (Lipinski definition) is 5. The third-order valence-corrected chi connectivity index (χ3v) is 8.88. The second-order valence-electron chi connectivity index (χ2n) is 6.16. The van der Waals surface area contributed by atoms with Gasteiger partial charge in [0.1, 0.15) is 24.5 Å². The van der Waals surface area contributed by atoms with Crippen molar-refractivity contribution < 1.29 is 18.5 Å². The summed E-state index contributed by atoms with van der Waals surface area (Å²) in [6, 6.07) is 17.3. The lowest BCUT2D eigenvalue weighted by atomic mass is 10.4. The predicted molar refractivity (Wildman–Crippen MR) is 105 cm³/mol. The fraction of sp³-hybridized carbons (Fsp3) is 0.300. The van der Waals surface area contributed by atoms with E-state index in [1.54, 1.807) is 12.5 Å². The first-order valence-electron chi connectivity index (χ1n) is 8.64. The van der Waals surface area contributed by atoms with Crippen LogP contribution < -0.4 is 0 Å². The molecule has 0 amide bonds. The number of furan rings is 2. The largest absolute Gasteiger partial charge is 0.469 e. The van der Waals surface area contributed by atoms with Crippen LogP contribution >= 0.6 is 18.9 Å². The first-order chi connectivity index (χ1) is 12.7. The third-order valence-electron chi connectivity index (χ3n) is 4.32. The SMILES string of the molecule is O=P(CCc1ccco1)(CCc1ccco1)C(O)CSc1ccccc1. The van der Waals surface area contributed by atoms with Crippen LogP contribution in [0.25, 0.3) is 0 Å². The normalized spacial score (nSPS) is 13.0. The second-order valence-corrected chi connectivity index (χ2v) is 10.7. The number of aliphatic hydroxyl groups is 1. The number of rotatable bonds is 10. The summed E-state index contributed by atoms with van der Waals surface area (Å²) < 4.78 is 24.3. The van der Waals surface area contributed by atoms with E-state index in [0.717, 1.165) is 16.4 Å². The lowest BCUT2D eigenvalue weighted by Crippen LogP contribution is -2.17. The molecule has 3 rings (SSSR count). The van der Waals surface area contributed by atoms with Crippen molar-refractivity contribution in [3.8, 4) is 0 Å². The molecule has 1 N–H and O–H groups in total. The molecule has 0 fully saturated rings. The summed E-state index contributed by atoms with van der Waals surface area (Å²) in [5.74, 6) is 1.16. The maximum Gasteiger partial charge on any atom is 0.116 e. The van der Waals surface area contributed by atoms with E-state index >= 15 is 0 Å². The molecule has 1 aromatic carbocycles. The highest BCUT2D eigenvalue weighted by atomic mass is 32.2. The van der Waals surface area contributed by atoms with Gasteiger partial charge in [-0.05, 0) is 36.4 Å². The summed E-state index contributed by atoms with van der Waals surface area (Å²) in [5, 5.41) is 10.7. The average molecular weight is 390 g/mol. The van der Waals surface area contributed by atoms with Crippen LogP contribution in [0.3, 0.4) is 0 Å². The van der Waals surface area contributed by atoms with Crippen molar-refractivity contribution in [2.75, 3.05) is 18.1 Å². The lowest BCUT2D eigenvalue weighted by molar-refractivity contribution is 0.270. The van der Waals surface area contributed by atoms with Crippen molar-refractivity contribution in [3.63, 3.8) is 0 Å². The van der Waals surface area contributed by atoms with Gasteiger partial charge in [-0.15, -0.1) is 11.8 Å². The summed E-state index contributed by atoms with van der Waals surface area (Å²) in [7, 11) is -2.81. The van der Waals surface area contributed by atoms with E-state index in [1.807, 2.05) is 54.6 Å². The van der Waals surface area contributed by atoms with Gasteiger partial charge >= 0.3 is 0 Å². The molecule has 2 heterocycles. The van der Waals surface area contributed by atoms with Gasteiger partial charge in [0.15, 0.2) is 0 Å². The molecule has 2 aromatic heterocycles. The molecule has 0 spiro atoms. The third kappa shape index (κ3) is 5.41. The number of hydrogen-bond donors (Lipinski definition) is 1. The van der Waals surface area contributed by atoms with Crippen molar-refractivity contribution in [1.82, 2.24) is 0 Å². The first kappa shape index (κ1) is 19.1. The van der Waals surface area contributed by atoms with Crippen LogP contribution in [-0.2, 0) is 17.4 Å². The van der Waals surface area contributed by atoms with Crippen LogP contribution in [-0.4, -0.2) is 29.0 Å². The molecule has 4 nitrogen and oxygen atoms in total. The molecule has 0 aliphatic carbocycles. The van der Waals surface area contributed by atoms with Gasteiger partial charge in [0, 0.05) is 35.8 Å². The quantitative estimate of drug-likeness (QED) is 0.384. The van der Waals surface area contributed by atoms with Crippen LogP contribution in [0.1, 0.15) is 11.5 Å². The fourth-order valence-electron chi connectivity index (χ4n) is 2.74. The number of benzene rings is 1. The van der Waals surface area contributed by atoms with Gasteiger partial charge in [0.05, 0.1) is 12.5 Å². The highest BCUT2D eigenvalue weighted by Crippen LogP contribution is 2.51. The Morgan fingerprint density at radius 3 is 1.96 bits per heavy atom. The van der Waals surface area contributed by atoms with Crippen molar-refractivity contribution in [3.05, 3.63) is 78.6 Å². The van der Waals surface area contributed by atoms with Crippen LogP contribution in [0.15, 0.2) is 80.9 Å². The van der Waals surface area contributed by atoms with Gasteiger partial charge in [-0.2, -0.15) is 0 Å². The van der Waals surface area contributed by atoms with E-state index < -0.39 is 13.0 Å². The summed E-state index contributed by atoms with van der Waals surface area (Å²) in [6.07, 6.45) is 5.22. The van der Waals surface area contributed by atoms with Gasteiger partial charge < -0.3 is 18.5 Å². The summed E-state index contributed by atoms with van der Waals surface area (Å²) in [6.45, 7) is 0. The molecule has 0 aliphatic rings. The Morgan fingerprint density at radius 1 is 0.885 bits per heavy atom. The van der Waals surface area contributed by atoms with Crippen LogP contribution in [0.2, 0.25) is 0 Å². The molecule has 0 aliphatic heterocycles. The van der Waals surface area contributed by atoms with Gasteiger partial charge in [-0.25, -0.2) is 0 Å². The molecule has 3 aromatic rings. The van der Waals surface area contributed by atoms with E-state index in [-0.39, 0.29) is 0 Å². The van der Waals surface area contributed by atoms with Crippen molar-refractivity contribution >= 4 is 18.9 Å². The minimum absolute atomic E-state index is 0.414. The van der Waals surface area contributed by atoms with Gasteiger partial charge in [0.25, 0.3) is 0 Å². The second kappa shape index (κ2) is 9.31. The lowest BCUT2D eigenvalue weighted by Gasteiger charge is -2.23. The molecule has 138 valence electrons. The zero-order valence-corrected chi connectivity index (χ0v) is 16.2. The summed E-state index contributed by atoms with van der Waals surface area (Å²) in [4.78, 5) is 1.06. The van der Waals surface area contributed by atoms with E-state index in [4.69, 9.17) is 8.83 Å². The highest BCUT2D eigenvalue weighted by molar-refractivity contribution is 7.99. The Bertz CT molecular complexity index is 757. The first-order valence-corrected chi connectivity index (χ1v) is 11.8. The van der Waals surface area contributed by atoms with Gasteiger partial charge in [0.2, 0.25) is 0 Å². The minimum Gasteiger partial charge on any atom is -0.469 e. The molecule has 26 heavy (non-hydrogen) atoms. The van der Waals surface area contributed by atoms with Crippen molar-refractivity contribution in [2.24, 2.45) is 0 Å². The summed E-state index contributed by atoms with van der Waals surface area (Å²) >= 11 is 1.53. The molecule has 0 radical (unpaired) electrons. The number of thioether (sulfide) groups is 1. The Kier molecular flexibility index (Phi) is 6.84. The maximum atomic E-state index is 13.6. The molecule has 6 heteroatoms. The van der Waals surface area contributed by atoms with E-state index in [2.05, 4.69) is 0 Å². The van der Waals surface area contributed by atoms with Gasteiger partial charge in [-0.1, -0.05) is 18.2 Å². The number of aryl methyl sites for hydroxylation is 2. The van der Waals surface area contributed by atoms with Crippen molar-refractivity contribution in [1.29, 1.82) is 0 Å². The zero-order valence-electron chi connectivity index (χ0n) is 14.5. The molecule has 1 atom stereocenters. The van der Waals surface area contributed by atoms with Crippen LogP contribution in [0.5, 0.6) is 0 Å². The minimum atomic E-state index is -2.81. The van der Waals surface area contributed by atoms with E-state index in [9.17, 15) is 9.67 Å². The zero-order chi connectivity index (χ0) is 18.2. The maximum absolute atomic E-state index is 13.6. The number of aliphatic hydroxyl groups excluding tert-OH is 1. The standard InChI is InChI=1S/C20H23O4PS/c21-20(16-26-19-8-2-1-3-9-19)25(22,14-10-17-6-4-12-23-17)15-11-18-7-5-13-24-18/h1-9,12-13,20-21H,10-11,14-16H2. The Labute approximate surface area is 158 Å². The van der Waals surface area contributed by atoms with Crippen LogP contribution in [0, 0.1) is 0 Å². The predicted octanol–water partition coefficient (Wildman–Crippen LogP) is 5.13. The summed E-state index contributed by atoms with van der Waals surface area (Å²) in [5.41, 5.74) is 0. The van der Waals surface area contributed by atoms with Crippen molar-refractivity contribution in [2.45, 2.75) is 23.6 Å². The molecule has 1 unspecified atom stereocenters. The molecule has 0 saturated carbocycles. The van der Waals surface area contributed by atoms with Gasteiger partial charge in [-0.3, -0.25) is 0 Å². The van der Waals surface area contributed by atoms with Crippen LogP contribution in [0.4, 0.5) is 0 Å². The Balaban J connectivity index is 1.64. The fourth-order valence-corrected chi connectivity index (χ4v) is 6.76. The topological polar surface area (TPSA) is 63.6 Å². The molecule has 0 saturated heterocycles. The molecular weight excluding hydrogens is 367 g/mol. The molecular formula is C20H23O4PS. The average Bonchev–Trinajstić information content (AvgIpc) is 3.37. The Hall–Kier alpha value is -1.68. The monoisotopic (exact) mass is 390 g/mol. The molecule has 0 bridgehead atoms. The Morgan fingerprint density at radius 2 is 1.46 bits per heavy atom. The smallest absolute Gasteiger partial charge is 0.116 e. The van der Waals surface area contributed by atoms with E-state index in [0.29, 0.717) is 30.9 Å².